The van der Waals surface area contributed by atoms with E-state index in [1.54, 1.807) is 0 Å². The van der Waals surface area contributed by atoms with Crippen molar-refractivity contribution >= 4 is 22.6 Å². The minimum absolute atomic E-state index is 0.717. The van der Waals surface area contributed by atoms with E-state index in [0.29, 0.717) is 0 Å². The quantitative estimate of drug-likeness (QED) is 0.373. The summed E-state index contributed by atoms with van der Waals surface area (Å²) >= 11 is 2.33. The van der Waals surface area contributed by atoms with Gasteiger partial charge in [-0.25, -0.2) is 0 Å². The van der Waals surface area contributed by atoms with Gasteiger partial charge < -0.3 is 0 Å². The number of allylic oxidation sites excluding steroid dienone is 2. The van der Waals surface area contributed by atoms with Crippen molar-refractivity contribution in [2.45, 2.75) is 13.8 Å². The zero-order valence-electron chi connectivity index (χ0n) is 4.82. The van der Waals surface area contributed by atoms with Crippen LogP contribution in [0, 0.1) is 5.92 Å². The number of hydrogen-bond acceptors (Lipinski definition) is 0. The Bertz CT molecular complexity index is 55.2. The van der Waals surface area contributed by atoms with Crippen LogP contribution in [0.25, 0.3) is 0 Å². The lowest BCUT2D eigenvalue weighted by Crippen LogP contribution is -1.75. The average molecular weight is 210 g/mol. The molecule has 0 bridgehead atoms. The van der Waals surface area contributed by atoms with Gasteiger partial charge >= 0.3 is 0 Å². The van der Waals surface area contributed by atoms with Crippen LogP contribution < -0.4 is 0 Å². The number of hydrogen-bond donors (Lipinski definition) is 0. The molecule has 0 aliphatic carbocycles. The summed E-state index contributed by atoms with van der Waals surface area (Å²) in [5, 5.41) is 0. The van der Waals surface area contributed by atoms with Crippen LogP contribution in [0.4, 0.5) is 0 Å². The summed E-state index contributed by atoms with van der Waals surface area (Å²) in [5.41, 5.74) is 0. The third-order valence-corrected chi connectivity index (χ3v) is 1.12. The lowest BCUT2D eigenvalue weighted by Gasteiger charge is -1.88. The van der Waals surface area contributed by atoms with Crippen molar-refractivity contribution in [2.24, 2.45) is 5.92 Å². The predicted octanol–water partition coefficient (Wildman–Crippen LogP) is 2.63. The Kier molecular flexibility index (Phi) is 4.94. The molecule has 0 spiro atoms. The molecule has 7 heavy (non-hydrogen) atoms. The Morgan fingerprint density at radius 3 is 2.29 bits per heavy atom. The van der Waals surface area contributed by atoms with Crippen molar-refractivity contribution in [2.75, 3.05) is 4.43 Å². The first-order chi connectivity index (χ1) is 3.27. The molecule has 0 aliphatic rings. The Morgan fingerprint density at radius 1 is 1.57 bits per heavy atom. The van der Waals surface area contributed by atoms with Crippen LogP contribution in [0.2, 0.25) is 0 Å². The maximum Gasteiger partial charge on any atom is 0.0176 e. The zero-order chi connectivity index (χ0) is 5.70. The summed E-state index contributed by atoms with van der Waals surface area (Å²) in [4.78, 5) is 0. The van der Waals surface area contributed by atoms with Crippen LogP contribution in [0.1, 0.15) is 13.8 Å². The smallest absolute Gasteiger partial charge is 0.0176 e. The van der Waals surface area contributed by atoms with E-state index in [4.69, 9.17) is 0 Å². The second-order valence-electron chi connectivity index (χ2n) is 1.83. The lowest BCUT2D eigenvalue weighted by molar-refractivity contribution is 0.831. The van der Waals surface area contributed by atoms with Gasteiger partial charge in [-0.1, -0.05) is 48.6 Å². The van der Waals surface area contributed by atoms with Gasteiger partial charge in [-0.05, 0) is 5.92 Å². The summed E-state index contributed by atoms with van der Waals surface area (Å²) in [7, 11) is 0. The number of halogens is 1. The van der Waals surface area contributed by atoms with Gasteiger partial charge in [0.1, 0.15) is 0 Å². The molecule has 0 amide bonds. The summed E-state index contributed by atoms with van der Waals surface area (Å²) < 4.78 is 1.13. The van der Waals surface area contributed by atoms with Crippen molar-refractivity contribution in [3.05, 3.63) is 12.2 Å². The maximum absolute atomic E-state index is 2.33. The molecule has 0 aromatic carbocycles. The largest absolute Gasteiger partial charge is 0.0852 e. The van der Waals surface area contributed by atoms with Crippen molar-refractivity contribution < 1.29 is 0 Å². The summed E-state index contributed by atoms with van der Waals surface area (Å²) in [6.07, 6.45) is 4.40. The van der Waals surface area contributed by atoms with Crippen LogP contribution in [0.3, 0.4) is 0 Å². The second kappa shape index (κ2) is 4.62. The van der Waals surface area contributed by atoms with Crippen LogP contribution >= 0.6 is 22.6 Å². The fraction of sp³-hybridized carbons (Fsp3) is 0.667. The Labute approximate surface area is 59.1 Å². The van der Waals surface area contributed by atoms with E-state index in [1.807, 2.05) is 0 Å². The third kappa shape index (κ3) is 6.47. The van der Waals surface area contributed by atoms with Gasteiger partial charge in [-0.15, -0.1) is 0 Å². The van der Waals surface area contributed by atoms with Crippen LogP contribution in [0.15, 0.2) is 12.2 Å². The molecule has 1 heteroatoms. The standard InChI is InChI=1S/C6H11I/c1-6(2)4-3-5-7/h3-4,6H,5H2,1-2H3/b4-3+. The van der Waals surface area contributed by atoms with E-state index >= 15 is 0 Å². The Hall–Kier alpha value is 0.470. The molecule has 0 rings (SSSR count). The Balaban J connectivity index is 3.08. The van der Waals surface area contributed by atoms with E-state index in [1.165, 1.54) is 0 Å². The molecule has 0 saturated heterocycles. The Morgan fingerprint density at radius 2 is 2.14 bits per heavy atom. The molecule has 0 radical (unpaired) electrons. The molecule has 0 fully saturated rings. The highest BCUT2D eigenvalue weighted by molar-refractivity contribution is 14.1. The molecule has 0 aliphatic heterocycles. The molecular formula is C6H11I. The van der Waals surface area contributed by atoms with Crippen molar-refractivity contribution in [3.63, 3.8) is 0 Å². The average Bonchev–Trinajstić information content (AvgIpc) is 1.61. The summed E-state index contributed by atoms with van der Waals surface area (Å²) in [6.45, 7) is 4.37. The van der Waals surface area contributed by atoms with Crippen LogP contribution in [-0.4, -0.2) is 4.43 Å². The molecule has 0 heterocycles. The fourth-order valence-corrected chi connectivity index (χ4v) is 0.617. The minimum atomic E-state index is 0.717. The topological polar surface area (TPSA) is 0 Å². The van der Waals surface area contributed by atoms with Gasteiger partial charge in [-0.2, -0.15) is 0 Å². The van der Waals surface area contributed by atoms with Gasteiger partial charge in [0.05, 0.1) is 0 Å². The molecule has 0 nitrogen and oxygen atoms in total. The van der Waals surface area contributed by atoms with Gasteiger partial charge in [0.2, 0.25) is 0 Å². The van der Waals surface area contributed by atoms with Gasteiger partial charge in [-0.3, -0.25) is 0 Å². The molecule has 0 unspecified atom stereocenters. The maximum atomic E-state index is 2.33. The monoisotopic (exact) mass is 210 g/mol. The van der Waals surface area contributed by atoms with Crippen molar-refractivity contribution in [1.29, 1.82) is 0 Å². The van der Waals surface area contributed by atoms with Crippen molar-refractivity contribution in [3.8, 4) is 0 Å². The molecule has 0 saturated carbocycles. The first-order valence-electron chi connectivity index (χ1n) is 2.50. The SMILES string of the molecule is CC(C)/C=C/CI. The number of rotatable bonds is 2. The molecule has 0 aromatic rings. The van der Waals surface area contributed by atoms with E-state index in [0.717, 1.165) is 10.3 Å². The van der Waals surface area contributed by atoms with Gasteiger partial charge in [0.25, 0.3) is 0 Å². The molecule has 0 aromatic heterocycles. The van der Waals surface area contributed by atoms with E-state index in [-0.39, 0.29) is 0 Å². The highest BCUT2D eigenvalue weighted by atomic mass is 127. The predicted molar refractivity (Wildman–Crippen MR) is 42.9 cm³/mol. The van der Waals surface area contributed by atoms with Gasteiger partial charge in [0.15, 0.2) is 0 Å². The molecule has 42 valence electrons. The van der Waals surface area contributed by atoms with Crippen LogP contribution in [-0.2, 0) is 0 Å². The first-order valence-corrected chi connectivity index (χ1v) is 4.02. The van der Waals surface area contributed by atoms with Crippen LogP contribution in [0.5, 0.6) is 0 Å². The minimum Gasteiger partial charge on any atom is -0.0852 e. The molecular weight excluding hydrogens is 199 g/mol. The molecule has 0 atom stereocenters. The second-order valence-corrected chi connectivity index (χ2v) is 2.71. The first kappa shape index (κ1) is 7.47. The van der Waals surface area contributed by atoms with Gasteiger partial charge in [0, 0.05) is 4.43 Å². The highest BCUT2D eigenvalue weighted by Crippen LogP contribution is 1.93. The zero-order valence-corrected chi connectivity index (χ0v) is 6.97. The van der Waals surface area contributed by atoms with Crippen molar-refractivity contribution in [1.82, 2.24) is 0 Å². The summed E-state index contributed by atoms with van der Waals surface area (Å²) in [5.74, 6) is 0.717. The highest BCUT2D eigenvalue weighted by Gasteiger charge is 1.78. The van der Waals surface area contributed by atoms with E-state index in [2.05, 4.69) is 48.6 Å². The fourth-order valence-electron chi connectivity index (χ4n) is 0.324. The summed E-state index contributed by atoms with van der Waals surface area (Å²) in [6, 6.07) is 0. The normalized spacial score (nSPS) is 11.4. The van der Waals surface area contributed by atoms with E-state index in [9.17, 15) is 0 Å². The number of alkyl halides is 1. The van der Waals surface area contributed by atoms with E-state index < -0.39 is 0 Å². The lowest BCUT2D eigenvalue weighted by atomic mass is 10.2. The third-order valence-electron chi connectivity index (χ3n) is 0.610. The molecule has 0 N–H and O–H groups in total.